The van der Waals surface area contributed by atoms with Gasteiger partial charge in [0.25, 0.3) is 5.91 Å². The normalized spacial score (nSPS) is 16.5. The second kappa shape index (κ2) is 11.0. The highest BCUT2D eigenvalue weighted by Gasteiger charge is 2.32. The first-order valence-corrected chi connectivity index (χ1v) is 11.7. The number of methoxy groups -OCH3 is 2. The second-order valence-corrected chi connectivity index (χ2v) is 8.44. The molecule has 0 aromatic heterocycles. The lowest BCUT2D eigenvalue weighted by molar-refractivity contribution is -0.116. The summed E-state index contributed by atoms with van der Waals surface area (Å²) < 4.78 is 16.6. The summed E-state index contributed by atoms with van der Waals surface area (Å²) in [6.45, 7) is 1.25. The standard InChI is InChI=1S/C26H31N3O5/c1-32-20-11-9-18(10-12-20)28-25(30)8-4-3-5-14-34-24-16-22-21(15-23(24)33-2)26(31)29-13-6-7-19(29)17-27-22/h9-12,15-17,19H,3-8,13-14H2,1-2H3,(H,28,30)/t19-/m0/s1. The maximum Gasteiger partial charge on any atom is 0.256 e. The van der Waals surface area contributed by atoms with Crippen LogP contribution >= 0.6 is 0 Å². The molecule has 2 aromatic carbocycles. The summed E-state index contributed by atoms with van der Waals surface area (Å²) in [5.41, 5.74) is 1.92. The minimum absolute atomic E-state index is 0.00670. The smallest absolute Gasteiger partial charge is 0.256 e. The van der Waals surface area contributed by atoms with Crippen LogP contribution in [-0.4, -0.2) is 56.3 Å². The van der Waals surface area contributed by atoms with Crippen LogP contribution in [0.2, 0.25) is 0 Å². The molecule has 2 aromatic rings. The molecule has 2 amide bonds. The van der Waals surface area contributed by atoms with Crippen molar-refractivity contribution in [3.63, 3.8) is 0 Å². The van der Waals surface area contributed by atoms with Crippen LogP contribution in [0.15, 0.2) is 41.4 Å². The molecule has 34 heavy (non-hydrogen) atoms. The Balaban J connectivity index is 1.24. The van der Waals surface area contributed by atoms with Crippen molar-refractivity contribution in [2.24, 2.45) is 4.99 Å². The van der Waals surface area contributed by atoms with E-state index < -0.39 is 0 Å². The van der Waals surface area contributed by atoms with Crippen molar-refractivity contribution in [3.05, 3.63) is 42.0 Å². The van der Waals surface area contributed by atoms with Crippen LogP contribution in [0.5, 0.6) is 17.2 Å². The van der Waals surface area contributed by atoms with Gasteiger partial charge in [-0.1, -0.05) is 0 Å². The molecule has 8 nitrogen and oxygen atoms in total. The quantitative estimate of drug-likeness (QED) is 0.518. The lowest BCUT2D eigenvalue weighted by atomic mass is 10.1. The summed E-state index contributed by atoms with van der Waals surface area (Å²) in [5.74, 6) is 1.83. The summed E-state index contributed by atoms with van der Waals surface area (Å²) >= 11 is 0. The molecular weight excluding hydrogens is 434 g/mol. The fourth-order valence-electron chi connectivity index (χ4n) is 4.26. The molecule has 1 N–H and O–H groups in total. The summed E-state index contributed by atoms with van der Waals surface area (Å²) in [5, 5.41) is 2.89. The molecule has 4 rings (SSSR count). The molecule has 2 aliphatic heterocycles. The number of benzene rings is 2. The minimum Gasteiger partial charge on any atom is -0.497 e. The Morgan fingerprint density at radius 2 is 1.91 bits per heavy atom. The van der Waals surface area contributed by atoms with Gasteiger partial charge < -0.3 is 24.4 Å². The van der Waals surface area contributed by atoms with E-state index in [1.165, 1.54) is 0 Å². The molecule has 1 fully saturated rings. The molecule has 2 heterocycles. The Labute approximate surface area is 199 Å². The van der Waals surface area contributed by atoms with Gasteiger partial charge in [-0.15, -0.1) is 0 Å². The SMILES string of the molecule is COc1ccc(NC(=O)CCCCCOc2cc3c(cc2OC)C(=O)N2CCC[C@H]2C=N3)cc1. The van der Waals surface area contributed by atoms with Crippen LogP contribution in [0.4, 0.5) is 11.4 Å². The van der Waals surface area contributed by atoms with Crippen LogP contribution in [0.25, 0.3) is 0 Å². The Morgan fingerprint density at radius 3 is 2.68 bits per heavy atom. The molecule has 0 unspecified atom stereocenters. The minimum atomic E-state index is -0.0125. The predicted molar refractivity (Wildman–Crippen MR) is 131 cm³/mol. The zero-order valence-corrected chi connectivity index (χ0v) is 19.7. The molecule has 0 spiro atoms. The average Bonchev–Trinajstić information content (AvgIpc) is 3.29. The van der Waals surface area contributed by atoms with Gasteiger partial charge in [-0.3, -0.25) is 14.6 Å². The van der Waals surface area contributed by atoms with Gasteiger partial charge in [-0.2, -0.15) is 0 Å². The number of rotatable bonds is 10. The Kier molecular flexibility index (Phi) is 7.67. The number of nitrogens with zero attached hydrogens (tertiary/aromatic N) is 2. The number of hydrogen-bond donors (Lipinski definition) is 1. The zero-order valence-electron chi connectivity index (χ0n) is 19.7. The first-order chi connectivity index (χ1) is 16.6. The highest BCUT2D eigenvalue weighted by Crippen LogP contribution is 2.38. The van der Waals surface area contributed by atoms with Crippen molar-refractivity contribution in [2.75, 3.05) is 32.7 Å². The summed E-state index contributed by atoms with van der Waals surface area (Å²) in [7, 11) is 3.18. The number of carbonyl (C=O) groups excluding carboxylic acids is 2. The summed E-state index contributed by atoms with van der Waals surface area (Å²) in [6.07, 6.45) is 6.68. The Morgan fingerprint density at radius 1 is 1.09 bits per heavy atom. The number of hydrogen-bond acceptors (Lipinski definition) is 6. The van der Waals surface area contributed by atoms with E-state index in [1.54, 1.807) is 26.4 Å². The number of aliphatic imine (C=N–C) groups is 1. The number of amides is 2. The van der Waals surface area contributed by atoms with Crippen LogP contribution in [0.3, 0.4) is 0 Å². The third-order valence-corrected chi connectivity index (χ3v) is 6.14. The van der Waals surface area contributed by atoms with E-state index in [4.69, 9.17) is 14.2 Å². The molecule has 180 valence electrons. The lowest BCUT2D eigenvalue weighted by Gasteiger charge is -2.20. The van der Waals surface area contributed by atoms with Crippen LogP contribution in [0.1, 0.15) is 48.9 Å². The third-order valence-electron chi connectivity index (χ3n) is 6.14. The van der Waals surface area contributed by atoms with E-state index in [9.17, 15) is 9.59 Å². The molecule has 0 radical (unpaired) electrons. The highest BCUT2D eigenvalue weighted by molar-refractivity contribution is 6.03. The van der Waals surface area contributed by atoms with E-state index in [0.29, 0.717) is 35.8 Å². The molecule has 0 aliphatic carbocycles. The van der Waals surface area contributed by atoms with E-state index in [1.807, 2.05) is 35.4 Å². The van der Waals surface area contributed by atoms with Crippen molar-refractivity contribution in [1.29, 1.82) is 0 Å². The van der Waals surface area contributed by atoms with Gasteiger partial charge in [0.1, 0.15) is 5.75 Å². The van der Waals surface area contributed by atoms with Gasteiger partial charge >= 0.3 is 0 Å². The Bertz CT molecular complexity index is 1050. The topological polar surface area (TPSA) is 89.5 Å². The lowest BCUT2D eigenvalue weighted by Crippen LogP contribution is -2.35. The molecule has 0 bridgehead atoms. The number of unbranched alkanes of at least 4 members (excludes halogenated alkanes) is 2. The predicted octanol–water partition coefficient (Wildman–Crippen LogP) is 4.60. The molecular formula is C26H31N3O5. The zero-order chi connectivity index (χ0) is 23.9. The van der Waals surface area contributed by atoms with Crippen molar-refractivity contribution in [3.8, 4) is 17.2 Å². The third kappa shape index (κ3) is 5.50. The fraction of sp³-hybridized carbons (Fsp3) is 0.423. The molecule has 0 saturated carbocycles. The van der Waals surface area contributed by atoms with E-state index in [2.05, 4.69) is 10.3 Å². The highest BCUT2D eigenvalue weighted by atomic mass is 16.5. The van der Waals surface area contributed by atoms with Crippen molar-refractivity contribution >= 4 is 29.4 Å². The number of anilines is 1. The average molecular weight is 466 g/mol. The van der Waals surface area contributed by atoms with Gasteiger partial charge in [-0.25, -0.2) is 0 Å². The number of carbonyl (C=O) groups is 2. The fourth-order valence-corrected chi connectivity index (χ4v) is 4.26. The van der Waals surface area contributed by atoms with Crippen LogP contribution < -0.4 is 19.5 Å². The van der Waals surface area contributed by atoms with Gasteiger partial charge in [0.15, 0.2) is 11.5 Å². The largest absolute Gasteiger partial charge is 0.497 e. The van der Waals surface area contributed by atoms with Crippen molar-refractivity contribution in [1.82, 2.24) is 4.90 Å². The summed E-state index contributed by atoms with van der Waals surface area (Å²) in [6, 6.07) is 10.8. The van der Waals surface area contributed by atoms with Crippen LogP contribution in [-0.2, 0) is 4.79 Å². The van der Waals surface area contributed by atoms with Gasteiger partial charge in [-0.05, 0) is 62.4 Å². The van der Waals surface area contributed by atoms with Gasteiger partial charge in [0.05, 0.1) is 38.1 Å². The van der Waals surface area contributed by atoms with Crippen molar-refractivity contribution in [2.45, 2.75) is 44.6 Å². The first-order valence-electron chi connectivity index (χ1n) is 11.7. The molecule has 2 aliphatic rings. The number of ether oxygens (including phenoxy) is 3. The summed E-state index contributed by atoms with van der Waals surface area (Å²) in [4.78, 5) is 31.5. The number of nitrogens with one attached hydrogen (secondary N) is 1. The van der Waals surface area contributed by atoms with Crippen LogP contribution in [0, 0.1) is 0 Å². The maximum atomic E-state index is 12.9. The van der Waals surface area contributed by atoms with E-state index in [-0.39, 0.29) is 17.9 Å². The first kappa shape index (κ1) is 23.6. The monoisotopic (exact) mass is 465 g/mol. The number of fused-ring (bicyclic) bond motifs is 2. The molecule has 8 heteroatoms. The van der Waals surface area contributed by atoms with Gasteiger partial charge in [0.2, 0.25) is 5.91 Å². The Hall–Kier alpha value is -3.55. The molecule has 1 saturated heterocycles. The van der Waals surface area contributed by atoms with Crippen molar-refractivity contribution < 1.29 is 23.8 Å². The van der Waals surface area contributed by atoms with Gasteiger partial charge in [0, 0.05) is 30.9 Å². The van der Waals surface area contributed by atoms with E-state index in [0.717, 1.165) is 50.1 Å². The maximum absolute atomic E-state index is 12.9. The molecule has 1 atom stereocenters. The second-order valence-electron chi connectivity index (χ2n) is 8.44. The van der Waals surface area contributed by atoms with E-state index >= 15 is 0 Å².